The molecule has 386 valence electrons. The molecule has 0 fully saturated rings. The van der Waals surface area contributed by atoms with Crippen LogP contribution in [0.2, 0.25) is 0 Å². The van der Waals surface area contributed by atoms with Crippen molar-refractivity contribution in [1.82, 2.24) is 19.1 Å². The molecule has 16 aromatic rings. The number of rotatable bonds is 9. The van der Waals surface area contributed by atoms with Gasteiger partial charge >= 0.3 is 0 Å². The first-order valence-corrected chi connectivity index (χ1v) is 27.9. The van der Waals surface area contributed by atoms with Gasteiger partial charge in [-0.2, -0.15) is 5.26 Å². The third kappa shape index (κ3) is 7.94. The number of benzene rings is 12. The predicted molar refractivity (Wildman–Crippen MR) is 341 cm³/mol. The molecule has 0 bridgehead atoms. The number of hydrogen-bond donors (Lipinski definition) is 0. The zero-order chi connectivity index (χ0) is 55.0. The summed E-state index contributed by atoms with van der Waals surface area (Å²) in [6.45, 7) is 0. The summed E-state index contributed by atoms with van der Waals surface area (Å²) in [4.78, 5) is 10.6. The first-order valence-electron chi connectivity index (χ1n) is 27.9. The zero-order valence-electron chi connectivity index (χ0n) is 44.8. The van der Waals surface area contributed by atoms with Gasteiger partial charge in [0.15, 0.2) is 11.4 Å². The topological polar surface area (TPSA) is 72.6 Å². The van der Waals surface area contributed by atoms with Crippen LogP contribution in [0.3, 0.4) is 0 Å². The lowest BCUT2D eigenvalue weighted by molar-refractivity contribution is 0.668. The molecular formula is C77H47N5O. The van der Waals surface area contributed by atoms with E-state index in [2.05, 4.69) is 258 Å². The Balaban J connectivity index is 1.04. The highest BCUT2D eigenvalue weighted by atomic mass is 16.3. The first-order chi connectivity index (χ1) is 41.1. The summed E-state index contributed by atoms with van der Waals surface area (Å²) >= 11 is 0. The minimum atomic E-state index is 0.409. The number of nitrogens with zero attached hydrogens (tertiary/aromatic N) is 5. The molecule has 6 heteroatoms. The van der Waals surface area contributed by atoms with Crippen molar-refractivity contribution >= 4 is 65.6 Å². The van der Waals surface area contributed by atoms with Crippen LogP contribution in [-0.4, -0.2) is 19.1 Å². The second-order valence-electron chi connectivity index (χ2n) is 21.1. The molecule has 0 unspecified atom stereocenters. The summed E-state index contributed by atoms with van der Waals surface area (Å²) in [7, 11) is 0. The monoisotopic (exact) mass is 1060 g/mol. The van der Waals surface area contributed by atoms with Gasteiger partial charge in [-0.15, -0.1) is 0 Å². The van der Waals surface area contributed by atoms with E-state index in [9.17, 15) is 5.26 Å². The van der Waals surface area contributed by atoms with Gasteiger partial charge in [-0.05, 0) is 111 Å². The van der Waals surface area contributed by atoms with Gasteiger partial charge < -0.3 is 13.6 Å². The lowest BCUT2D eigenvalue weighted by Crippen LogP contribution is -2.03. The van der Waals surface area contributed by atoms with E-state index >= 15 is 0 Å². The number of nitriles is 1. The van der Waals surface area contributed by atoms with Gasteiger partial charge in [-0.1, -0.05) is 218 Å². The summed E-state index contributed by atoms with van der Waals surface area (Å²) in [6, 6.07) is 103. The fraction of sp³-hybridized carbons (Fsp3) is 0. The maximum Gasteiger partial charge on any atom is 0.164 e. The van der Waals surface area contributed by atoms with Gasteiger partial charge in [0.05, 0.1) is 55.8 Å². The van der Waals surface area contributed by atoms with Crippen molar-refractivity contribution in [2.75, 3.05) is 0 Å². The average Bonchev–Trinajstić information content (AvgIpc) is 2.16. The molecule has 12 aromatic carbocycles. The van der Waals surface area contributed by atoms with Crippen molar-refractivity contribution in [3.05, 3.63) is 291 Å². The number of furan rings is 1. The van der Waals surface area contributed by atoms with Crippen LogP contribution in [0.25, 0.3) is 155 Å². The Kier molecular flexibility index (Phi) is 11.2. The zero-order valence-corrected chi connectivity index (χ0v) is 44.8. The maximum absolute atomic E-state index is 12.0. The van der Waals surface area contributed by atoms with Crippen LogP contribution in [-0.2, 0) is 0 Å². The molecule has 0 spiro atoms. The third-order valence-corrected chi connectivity index (χ3v) is 16.4. The minimum Gasteiger partial charge on any atom is -0.454 e. The van der Waals surface area contributed by atoms with Crippen LogP contribution < -0.4 is 0 Å². The molecule has 0 saturated heterocycles. The van der Waals surface area contributed by atoms with Crippen LogP contribution in [0.15, 0.2) is 290 Å². The normalized spacial score (nSPS) is 11.6. The molecule has 4 heterocycles. The molecular weight excluding hydrogens is 1010 g/mol. The van der Waals surface area contributed by atoms with E-state index < -0.39 is 0 Å². The predicted octanol–water partition coefficient (Wildman–Crippen LogP) is 20.1. The molecule has 16 rings (SSSR count). The SMILES string of the molecule is N#Cc1c(-n2c3ccc(-c4ccccc4)cc3c3cc(-c4ccccc4)ccc32)cc(-n2c3ccc(-c4ccccc4)cc3c3cc(-c4ccccc4)ccc32)c2c1oc1c(-c3nc(-c4ccccc4)cc(-c4ccccc4)n3)cccc12. The van der Waals surface area contributed by atoms with E-state index in [-0.39, 0.29) is 0 Å². The molecule has 0 radical (unpaired) electrons. The molecule has 0 aliphatic heterocycles. The number of fused-ring (bicyclic) bond motifs is 9. The molecule has 0 aliphatic carbocycles. The second kappa shape index (κ2) is 19.5. The van der Waals surface area contributed by atoms with Crippen LogP contribution in [0, 0.1) is 11.3 Å². The highest BCUT2D eigenvalue weighted by Gasteiger charge is 2.28. The Morgan fingerprint density at radius 1 is 0.301 bits per heavy atom. The number of para-hydroxylation sites is 1. The summed E-state index contributed by atoms with van der Waals surface area (Å²) in [5, 5.41) is 18.0. The number of hydrogen-bond acceptors (Lipinski definition) is 4. The third-order valence-electron chi connectivity index (χ3n) is 16.4. The Labute approximate surface area is 478 Å². The fourth-order valence-corrected chi connectivity index (χ4v) is 12.5. The lowest BCUT2D eigenvalue weighted by atomic mass is 10.0. The Hall–Kier alpha value is -11.4. The summed E-state index contributed by atoms with van der Waals surface area (Å²) in [6.07, 6.45) is 0. The molecule has 6 nitrogen and oxygen atoms in total. The molecule has 0 N–H and O–H groups in total. The van der Waals surface area contributed by atoms with E-state index in [1.165, 1.54) is 0 Å². The molecule has 0 atom stereocenters. The molecule has 0 aliphatic rings. The van der Waals surface area contributed by atoms with Gasteiger partial charge in [0.1, 0.15) is 17.2 Å². The lowest BCUT2D eigenvalue weighted by Gasteiger charge is -2.16. The summed E-state index contributed by atoms with van der Waals surface area (Å²) < 4.78 is 12.1. The quantitative estimate of drug-likeness (QED) is 0.144. The van der Waals surface area contributed by atoms with Crippen LogP contribution >= 0.6 is 0 Å². The number of aromatic nitrogens is 4. The van der Waals surface area contributed by atoms with Crippen molar-refractivity contribution in [2.45, 2.75) is 0 Å². The highest BCUT2D eigenvalue weighted by molar-refractivity contribution is 6.19. The highest BCUT2D eigenvalue weighted by Crippen LogP contribution is 2.47. The molecule has 4 aromatic heterocycles. The largest absolute Gasteiger partial charge is 0.454 e. The Morgan fingerprint density at radius 2 is 0.663 bits per heavy atom. The van der Waals surface area contributed by atoms with Crippen molar-refractivity contribution in [1.29, 1.82) is 5.26 Å². The smallest absolute Gasteiger partial charge is 0.164 e. The van der Waals surface area contributed by atoms with Gasteiger partial charge in [-0.25, -0.2) is 9.97 Å². The van der Waals surface area contributed by atoms with Gasteiger partial charge in [-0.3, -0.25) is 0 Å². The van der Waals surface area contributed by atoms with Gasteiger partial charge in [0.25, 0.3) is 0 Å². The first kappa shape index (κ1) is 47.6. The molecule has 0 amide bonds. The van der Waals surface area contributed by atoms with Crippen LogP contribution in [0.5, 0.6) is 0 Å². The Morgan fingerprint density at radius 3 is 1.04 bits per heavy atom. The van der Waals surface area contributed by atoms with Crippen LogP contribution in [0.4, 0.5) is 0 Å². The maximum atomic E-state index is 12.0. The van der Waals surface area contributed by atoms with Crippen molar-refractivity contribution in [3.63, 3.8) is 0 Å². The van der Waals surface area contributed by atoms with Crippen LogP contribution in [0.1, 0.15) is 5.56 Å². The minimum absolute atomic E-state index is 0.409. The fourth-order valence-electron chi connectivity index (χ4n) is 12.5. The summed E-state index contributed by atoms with van der Waals surface area (Å²) in [5.41, 5.74) is 20.2. The van der Waals surface area contributed by atoms with E-state index in [0.717, 1.165) is 127 Å². The summed E-state index contributed by atoms with van der Waals surface area (Å²) in [5.74, 6) is 0.514. The molecule has 0 saturated carbocycles. The van der Waals surface area contributed by atoms with E-state index in [1.807, 2.05) is 42.5 Å². The average molecular weight is 1060 g/mol. The van der Waals surface area contributed by atoms with Gasteiger partial charge in [0, 0.05) is 38.1 Å². The Bertz CT molecular complexity index is 4980. The van der Waals surface area contributed by atoms with E-state index in [0.29, 0.717) is 33.8 Å². The van der Waals surface area contributed by atoms with Gasteiger partial charge in [0.2, 0.25) is 0 Å². The van der Waals surface area contributed by atoms with Crippen molar-refractivity contribution in [3.8, 4) is 95.9 Å². The second-order valence-corrected chi connectivity index (χ2v) is 21.1. The van der Waals surface area contributed by atoms with Crippen molar-refractivity contribution < 1.29 is 4.42 Å². The van der Waals surface area contributed by atoms with E-state index in [4.69, 9.17) is 14.4 Å². The van der Waals surface area contributed by atoms with E-state index in [1.54, 1.807) is 0 Å². The standard InChI is InChI=1S/C77H47N5O/c78-48-65-72(81-68-38-34-55(49-20-7-1-8-21-49)42-61(68)62-43-56(35-39-69(62)81)50-22-9-2-10-23-50)47-73(82-70-40-36-57(51-24-11-3-12-25-51)44-63(70)64-45-58(37-41-71(64)82)52-26-13-4-14-27-52)74-59-32-19-33-60(75(59)83-76(65)74)77-79-66(53-28-15-5-16-29-53)46-67(80-77)54-30-17-6-18-31-54/h1-47H. The van der Waals surface area contributed by atoms with Crippen molar-refractivity contribution in [2.24, 2.45) is 0 Å². The molecule has 83 heavy (non-hydrogen) atoms.